The van der Waals surface area contributed by atoms with E-state index in [4.69, 9.17) is 4.74 Å². The lowest BCUT2D eigenvalue weighted by molar-refractivity contribution is -0.385. The summed E-state index contributed by atoms with van der Waals surface area (Å²) in [6.45, 7) is 1.04. The highest BCUT2D eigenvalue weighted by atomic mass is 19.4. The molecule has 0 aliphatic heterocycles. The number of alkyl halides is 6. The minimum atomic E-state index is -5.03. The van der Waals surface area contributed by atoms with Crippen molar-refractivity contribution in [3.05, 3.63) is 69.3 Å². The number of benzene rings is 2. The Morgan fingerprint density at radius 1 is 1.06 bits per heavy atom. The number of nitrogens with zero attached hydrogens (tertiary/aromatic N) is 1. The monoisotopic (exact) mass is 464 g/mol. The number of esters is 1. The average molecular weight is 464 g/mol. The van der Waals surface area contributed by atoms with E-state index in [1.807, 2.05) is 5.32 Å². The number of non-ortho nitro benzene ring substituents is 1. The van der Waals surface area contributed by atoms with Gasteiger partial charge < -0.3 is 10.1 Å². The fourth-order valence-electron chi connectivity index (χ4n) is 2.54. The normalized spacial score (nSPS) is 12.7. The van der Waals surface area contributed by atoms with Gasteiger partial charge in [-0.1, -0.05) is 18.2 Å². The zero-order chi connectivity index (χ0) is 24.3. The Morgan fingerprint density at radius 2 is 1.72 bits per heavy atom. The molecule has 2 aromatic rings. The maximum Gasteiger partial charge on any atom is 0.418 e. The number of carbonyl (C=O) groups excluding carboxylic acids is 2. The molecule has 1 atom stereocenters. The lowest BCUT2D eigenvalue weighted by Crippen LogP contribution is -2.31. The number of hydrogen-bond donors (Lipinski definition) is 1. The molecule has 13 heteroatoms. The van der Waals surface area contributed by atoms with Crippen molar-refractivity contribution in [2.45, 2.75) is 31.8 Å². The van der Waals surface area contributed by atoms with Crippen LogP contribution in [0.3, 0.4) is 0 Å². The van der Waals surface area contributed by atoms with Crippen LogP contribution < -0.4 is 5.32 Å². The molecule has 32 heavy (non-hydrogen) atoms. The largest absolute Gasteiger partial charge is 0.452 e. The van der Waals surface area contributed by atoms with Gasteiger partial charge in [-0.15, -0.1) is 0 Å². The zero-order valence-electron chi connectivity index (χ0n) is 16.1. The predicted molar refractivity (Wildman–Crippen MR) is 97.4 cm³/mol. The summed E-state index contributed by atoms with van der Waals surface area (Å²) in [5, 5.41) is 12.6. The number of nitro benzene ring substituents is 1. The number of rotatable bonds is 6. The highest BCUT2D eigenvalue weighted by Gasteiger charge is 2.36. The van der Waals surface area contributed by atoms with E-state index in [2.05, 4.69) is 0 Å². The molecule has 0 fully saturated rings. The molecule has 1 N–H and O–H groups in total. The molecule has 0 aromatic heterocycles. The zero-order valence-corrected chi connectivity index (χ0v) is 16.1. The predicted octanol–water partition coefficient (Wildman–Crippen LogP) is 4.75. The third kappa shape index (κ3) is 6.43. The second kappa shape index (κ2) is 9.24. The summed E-state index contributed by atoms with van der Waals surface area (Å²) in [6, 6.07) is 5.49. The third-order valence-corrected chi connectivity index (χ3v) is 4.06. The van der Waals surface area contributed by atoms with Crippen LogP contribution in [0.15, 0.2) is 42.5 Å². The number of halogens is 6. The van der Waals surface area contributed by atoms with E-state index in [1.165, 1.54) is 6.07 Å². The van der Waals surface area contributed by atoms with Crippen molar-refractivity contribution < 1.29 is 45.6 Å². The van der Waals surface area contributed by atoms with Crippen molar-refractivity contribution in [3.63, 3.8) is 0 Å². The van der Waals surface area contributed by atoms with Crippen molar-refractivity contribution in [1.29, 1.82) is 0 Å². The van der Waals surface area contributed by atoms with Crippen LogP contribution in [-0.4, -0.2) is 22.9 Å². The van der Waals surface area contributed by atoms with Crippen molar-refractivity contribution in [2.24, 2.45) is 0 Å². The first-order chi connectivity index (χ1) is 14.7. The minimum Gasteiger partial charge on any atom is -0.452 e. The van der Waals surface area contributed by atoms with Crippen LogP contribution in [0.1, 0.15) is 23.6 Å². The number of hydrogen-bond acceptors (Lipinski definition) is 5. The minimum absolute atomic E-state index is 0.0489. The van der Waals surface area contributed by atoms with E-state index >= 15 is 0 Å². The Hall–Kier alpha value is -3.64. The molecule has 0 heterocycles. The number of amides is 1. The first kappa shape index (κ1) is 24.6. The van der Waals surface area contributed by atoms with Gasteiger partial charge in [-0.25, -0.2) is 0 Å². The number of anilines is 1. The molecular formula is C19H14F6N2O5. The Morgan fingerprint density at radius 3 is 2.28 bits per heavy atom. The standard InChI is InChI=1S/C19H14F6N2O5/c1-10(32-16(28)8-11-3-2-4-12(7-11)18(20,21)22)17(29)26-15-6-5-13(27(30)31)9-14(15)19(23,24)25/h2-7,9-10H,8H2,1H3,(H,26,29)/t10-/m1/s1. The van der Waals surface area contributed by atoms with Crippen molar-refractivity contribution in [1.82, 2.24) is 0 Å². The quantitative estimate of drug-likeness (QED) is 0.288. The molecule has 2 aromatic carbocycles. The molecule has 0 saturated heterocycles. The molecule has 7 nitrogen and oxygen atoms in total. The molecule has 2 rings (SSSR count). The molecule has 0 spiro atoms. The number of nitrogens with one attached hydrogen (secondary N) is 1. The average Bonchev–Trinajstić information content (AvgIpc) is 2.66. The van der Waals surface area contributed by atoms with E-state index in [9.17, 15) is 46.0 Å². The molecular weight excluding hydrogens is 450 g/mol. The van der Waals surface area contributed by atoms with E-state index in [0.29, 0.717) is 6.07 Å². The van der Waals surface area contributed by atoms with Gasteiger partial charge in [0, 0.05) is 12.1 Å². The number of carbonyl (C=O) groups is 2. The summed E-state index contributed by atoms with van der Waals surface area (Å²) in [5.74, 6) is -2.27. The molecule has 0 aliphatic carbocycles. The molecule has 0 unspecified atom stereocenters. The summed E-state index contributed by atoms with van der Waals surface area (Å²) >= 11 is 0. The topological polar surface area (TPSA) is 98.5 Å². The van der Waals surface area contributed by atoms with Crippen LogP contribution in [0.5, 0.6) is 0 Å². The first-order valence-electron chi connectivity index (χ1n) is 8.70. The van der Waals surface area contributed by atoms with Crippen molar-refractivity contribution in [2.75, 3.05) is 5.32 Å². The SMILES string of the molecule is C[C@@H](OC(=O)Cc1cccc(C(F)(F)F)c1)C(=O)Nc1ccc([N+](=O)[O-])cc1C(F)(F)F. The highest BCUT2D eigenvalue weighted by molar-refractivity contribution is 5.96. The Labute approximate surface area is 176 Å². The van der Waals surface area contributed by atoms with E-state index in [-0.39, 0.29) is 11.6 Å². The Bertz CT molecular complexity index is 1040. The number of nitro groups is 1. The van der Waals surface area contributed by atoms with Crippen LogP contribution in [0.25, 0.3) is 0 Å². The van der Waals surface area contributed by atoms with Crippen LogP contribution in [0.4, 0.5) is 37.7 Å². The fourth-order valence-corrected chi connectivity index (χ4v) is 2.54. The Kier molecular flexibility index (Phi) is 7.11. The highest BCUT2D eigenvalue weighted by Crippen LogP contribution is 2.37. The van der Waals surface area contributed by atoms with Gasteiger partial charge in [0.05, 0.1) is 28.2 Å². The van der Waals surface area contributed by atoms with E-state index in [1.54, 1.807) is 0 Å². The summed E-state index contributed by atoms with van der Waals surface area (Å²) in [6.07, 6.45) is -11.9. The maximum absolute atomic E-state index is 13.2. The van der Waals surface area contributed by atoms with Gasteiger partial charge >= 0.3 is 18.3 Å². The molecule has 0 bridgehead atoms. The summed E-state index contributed by atoms with van der Waals surface area (Å²) in [5.41, 5.74) is -4.18. The van der Waals surface area contributed by atoms with Crippen LogP contribution in [0, 0.1) is 10.1 Å². The van der Waals surface area contributed by atoms with Crippen LogP contribution in [0.2, 0.25) is 0 Å². The fraction of sp³-hybridized carbons (Fsp3) is 0.263. The Balaban J connectivity index is 2.09. The summed E-state index contributed by atoms with van der Waals surface area (Å²) < 4.78 is 82.5. The van der Waals surface area contributed by atoms with Gasteiger partial charge in [0.25, 0.3) is 11.6 Å². The van der Waals surface area contributed by atoms with Crippen molar-refractivity contribution in [3.8, 4) is 0 Å². The maximum atomic E-state index is 13.2. The number of ether oxygens (including phenoxy) is 1. The van der Waals surface area contributed by atoms with Crippen LogP contribution in [-0.2, 0) is 33.1 Å². The van der Waals surface area contributed by atoms with Crippen LogP contribution >= 0.6 is 0 Å². The summed E-state index contributed by atoms with van der Waals surface area (Å²) in [7, 11) is 0. The first-order valence-corrected chi connectivity index (χ1v) is 8.70. The van der Waals surface area contributed by atoms with Gasteiger partial charge in [0.2, 0.25) is 0 Å². The molecule has 0 saturated carbocycles. The molecule has 0 radical (unpaired) electrons. The lowest BCUT2D eigenvalue weighted by Gasteiger charge is -2.17. The van der Waals surface area contributed by atoms with E-state index in [0.717, 1.165) is 31.2 Å². The van der Waals surface area contributed by atoms with Gasteiger partial charge in [-0.2, -0.15) is 26.3 Å². The van der Waals surface area contributed by atoms with Gasteiger partial charge in [0.1, 0.15) is 0 Å². The smallest absolute Gasteiger partial charge is 0.418 e. The summed E-state index contributed by atoms with van der Waals surface area (Å²) in [4.78, 5) is 33.8. The van der Waals surface area contributed by atoms with Gasteiger partial charge in [-0.05, 0) is 24.6 Å². The lowest BCUT2D eigenvalue weighted by atomic mass is 10.1. The van der Waals surface area contributed by atoms with Gasteiger partial charge in [0.15, 0.2) is 6.10 Å². The third-order valence-electron chi connectivity index (χ3n) is 4.06. The molecule has 172 valence electrons. The second-order valence-electron chi connectivity index (χ2n) is 6.48. The second-order valence-corrected chi connectivity index (χ2v) is 6.48. The van der Waals surface area contributed by atoms with Gasteiger partial charge in [-0.3, -0.25) is 19.7 Å². The van der Waals surface area contributed by atoms with Crippen molar-refractivity contribution >= 4 is 23.3 Å². The molecule has 1 amide bonds. The molecule has 0 aliphatic rings. The van der Waals surface area contributed by atoms with E-state index < -0.39 is 64.2 Å².